The molecule has 2 nitrogen and oxygen atoms in total. The van der Waals surface area contributed by atoms with Crippen LogP contribution in [-0.2, 0) is 11.2 Å². The van der Waals surface area contributed by atoms with Gasteiger partial charge in [-0.2, -0.15) is 0 Å². The molecule has 1 aromatic rings. The van der Waals surface area contributed by atoms with E-state index >= 15 is 0 Å². The van der Waals surface area contributed by atoms with E-state index in [1.165, 1.54) is 5.56 Å². The van der Waals surface area contributed by atoms with Crippen LogP contribution in [0, 0.1) is 0 Å². The van der Waals surface area contributed by atoms with Gasteiger partial charge in [0.2, 0.25) is 5.91 Å². The number of carbonyl (C=O) groups excluding carboxylic acids is 1. The van der Waals surface area contributed by atoms with Crippen molar-refractivity contribution < 1.29 is 4.79 Å². The third-order valence-electron chi connectivity index (χ3n) is 3.06. The van der Waals surface area contributed by atoms with Gasteiger partial charge in [0.1, 0.15) is 0 Å². The van der Waals surface area contributed by atoms with Crippen molar-refractivity contribution in [3.05, 3.63) is 29.8 Å². The molecule has 0 radical (unpaired) electrons. The number of alkyl halides is 1. The van der Waals surface area contributed by atoms with E-state index in [0.29, 0.717) is 0 Å². The summed E-state index contributed by atoms with van der Waals surface area (Å²) >= 11 is 3.50. The lowest BCUT2D eigenvalue weighted by Crippen LogP contribution is -2.48. The Labute approximate surface area is 111 Å². The van der Waals surface area contributed by atoms with E-state index in [0.717, 1.165) is 18.5 Å². The largest absolute Gasteiger partial charge is 0.306 e. The Balaban J connectivity index is 2.55. The summed E-state index contributed by atoms with van der Waals surface area (Å²) < 4.78 is 0. The van der Waals surface area contributed by atoms with E-state index in [1.807, 2.05) is 23.1 Å². The molecule has 1 heterocycles. The van der Waals surface area contributed by atoms with Gasteiger partial charge in [0.25, 0.3) is 0 Å². The molecule has 17 heavy (non-hydrogen) atoms. The van der Waals surface area contributed by atoms with Gasteiger partial charge >= 0.3 is 0 Å². The molecule has 1 aromatic carbocycles. The second-order valence-corrected chi connectivity index (χ2v) is 6.58. The fourth-order valence-corrected chi connectivity index (χ4v) is 2.73. The maximum atomic E-state index is 12.4. The molecule has 1 aliphatic heterocycles. The first kappa shape index (κ1) is 12.6. The molecule has 1 unspecified atom stereocenters. The van der Waals surface area contributed by atoms with E-state index in [4.69, 9.17) is 0 Å². The molecule has 0 spiro atoms. The number of benzene rings is 1. The monoisotopic (exact) mass is 295 g/mol. The number of halogens is 1. The molecule has 1 atom stereocenters. The van der Waals surface area contributed by atoms with Crippen LogP contribution < -0.4 is 4.90 Å². The van der Waals surface area contributed by atoms with Crippen LogP contribution in [0.25, 0.3) is 0 Å². The number of rotatable bonds is 0. The van der Waals surface area contributed by atoms with Gasteiger partial charge < -0.3 is 4.90 Å². The van der Waals surface area contributed by atoms with Crippen LogP contribution in [0.15, 0.2) is 24.3 Å². The van der Waals surface area contributed by atoms with Crippen molar-refractivity contribution in [2.75, 3.05) is 4.90 Å². The fraction of sp³-hybridized carbons (Fsp3) is 0.500. The Morgan fingerprint density at radius 1 is 1.29 bits per heavy atom. The van der Waals surface area contributed by atoms with Gasteiger partial charge in [-0.1, -0.05) is 34.1 Å². The number of fused-ring (bicyclic) bond motifs is 1. The van der Waals surface area contributed by atoms with Crippen molar-refractivity contribution in [1.29, 1.82) is 0 Å². The predicted molar refractivity (Wildman–Crippen MR) is 74.7 cm³/mol. The lowest BCUT2D eigenvalue weighted by Gasteiger charge is -2.36. The van der Waals surface area contributed by atoms with Crippen LogP contribution in [0.2, 0.25) is 0 Å². The molecule has 0 saturated heterocycles. The topological polar surface area (TPSA) is 20.3 Å². The van der Waals surface area contributed by atoms with Crippen molar-refractivity contribution in [2.24, 2.45) is 0 Å². The Morgan fingerprint density at radius 3 is 2.59 bits per heavy atom. The highest BCUT2D eigenvalue weighted by Gasteiger charge is 2.35. The molecule has 0 aliphatic carbocycles. The van der Waals surface area contributed by atoms with Crippen molar-refractivity contribution in [3.8, 4) is 0 Å². The van der Waals surface area contributed by atoms with Crippen LogP contribution in [0.4, 0.5) is 5.69 Å². The van der Waals surface area contributed by atoms with Crippen LogP contribution in [0.5, 0.6) is 0 Å². The second kappa shape index (κ2) is 4.45. The molecule has 1 amide bonds. The fourth-order valence-electron chi connectivity index (χ4n) is 2.30. The lowest BCUT2D eigenvalue weighted by molar-refractivity contribution is -0.118. The lowest BCUT2D eigenvalue weighted by atomic mass is 10.0. The Kier molecular flexibility index (Phi) is 3.30. The number of hydrogen-bond acceptors (Lipinski definition) is 1. The van der Waals surface area contributed by atoms with Crippen molar-refractivity contribution in [3.63, 3.8) is 0 Å². The van der Waals surface area contributed by atoms with Crippen LogP contribution >= 0.6 is 15.9 Å². The molecule has 92 valence electrons. The summed E-state index contributed by atoms with van der Waals surface area (Å²) in [6.07, 6.45) is 1.81. The number of para-hydroxylation sites is 1. The van der Waals surface area contributed by atoms with Crippen molar-refractivity contribution >= 4 is 27.5 Å². The highest BCUT2D eigenvalue weighted by atomic mass is 79.9. The summed E-state index contributed by atoms with van der Waals surface area (Å²) in [5, 5.41) is 0. The zero-order chi connectivity index (χ0) is 12.6. The average molecular weight is 296 g/mol. The number of hydrogen-bond donors (Lipinski definition) is 0. The second-order valence-electron chi connectivity index (χ2n) is 5.48. The molecular formula is C14H18BrNO. The van der Waals surface area contributed by atoms with Gasteiger partial charge in [-0.25, -0.2) is 0 Å². The minimum Gasteiger partial charge on any atom is -0.306 e. The third-order valence-corrected chi connectivity index (χ3v) is 3.91. The normalized spacial score (nSPS) is 21.1. The molecular weight excluding hydrogens is 278 g/mol. The zero-order valence-corrected chi connectivity index (χ0v) is 12.1. The highest BCUT2D eigenvalue weighted by Crippen LogP contribution is 2.34. The average Bonchev–Trinajstić information content (AvgIpc) is 2.37. The maximum Gasteiger partial charge on any atom is 0.241 e. The first-order valence-corrected chi connectivity index (χ1v) is 6.89. The number of amides is 1. The smallest absolute Gasteiger partial charge is 0.241 e. The van der Waals surface area contributed by atoms with Crippen LogP contribution in [-0.4, -0.2) is 16.3 Å². The minimum atomic E-state index is -0.191. The van der Waals surface area contributed by atoms with Crippen molar-refractivity contribution in [2.45, 2.75) is 44.0 Å². The van der Waals surface area contributed by atoms with E-state index in [-0.39, 0.29) is 16.3 Å². The standard InChI is InChI=1S/C14H18BrNO/c1-14(2,3)16-12-7-5-4-6-10(12)8-9-11(15)13(16)17/h4-7,11H,8-9H2,1-3H3. The maximum absolute atomic E-state index is 12.4. The van der Waals surface area contributed by atoms with E-state index in [1.54, 1.807) is 0 Å². The van der Waals surface area contributed by atoms with Crippen LogP contribution in [0.3, 0.4) is 0 Å². The first-order valence-electron chi connectivity index (χ1n) is 5.97. The molecule has 2 rings (SSSR count). The van der Waals surface area contributed by atoms with Gasteiger partial charge in [-0.3, -0.25) is 4.79 Å². The molecule has 3 heteroatoms. The quantitative estimate of drug-likeness (QED) is 0.671. The minimum absolute atomic E-state index is 0.0749. The van der Waals surface area contributed by atoms with Crippen molar-refractivity contribution in [1.82, 2.24) is 0 Å². The van der Waals surface area contributed by atoms with E-state index in [9.17, 15) is 4.79 Å². The van der Waals surface area contributed by atoms with Gasteiger partial charge in [-0.15, -0.1) is 0 Å². The Hall–Kier alpha value is -0.830. The number of carbonyl (C=O) groups is 1. The molecule has 0 fully saturated rings. The number of aryl methyl sites for hydroxylation is 1. The molecule has 1 aliphatic rings. The molecule has 0 N–H and O–H groups in total. The Morgan fingerprint density at radius 2 is 1.94 bits per heavy atom. The van der Waals surface area contributed by atoms with Gasteiger partial charge in [-0.05, 0) is 45.2 Å². The summed E-state index contributed by atoms with van der Waals surface area (Å²) in [7, 11) is 0. The summed E-state index contributed by atoms with van der Waals surface area (Å²) in [5.74, 6) is 0.169. The van der Waals surface area contributed by atoms with Gasteiger partial charge in [0.15, 0.2) is 0 Å². The number of nitrogens with zero attached hydrogens (tertiary/aromatic N) is 1. The van der Waals surface area contributed by atoms with Gasteiger partial charge in [0, 0.05) is 11.2 Å². The first-order chi connectivity index (χ1) is 7.91. The van der Waals surface area contributed by atoms with Crippen LogP contribution in [0.1, 0.15) is 32.8 Å². The summed E-state index contributed by atoms with van der Waals surface area (Å²) in [6, 6.07) is 8.20. The summed E-state index contributed by atoms with van der Waals surface area (Å²) in [6.45, 7) is 6.23. The van der Waals surface area contributed by atoms with E-state index < -0.39 is 0 Å². The SMILES string of the molecule is CC(C)(C)N1C(=O)C(Br)CCc2ccccc21. The predicted octanol–water partition coefficient (Wildman–Crippen LogP) is 3.53. The molecule has 0 aromatic heterocycles. The third kappa shape index (κ3) is 2.39. The Bertz CT molecular complexity index is 436. The summed E-state index contributed by atoms with van der Waals surface area (Å²) in [5.41, 5.74) is 2.13. The summed E-state index contributed by atoms with van der Waals surface area (Å²) in [4.78, 5) is 14.3. The zero-order valence-electron chi connectivity index (χ0n) is 10.5. The highest BCUT2D eigenvalue weighted by molar-refractivity contribution is 9.10. The number of anilines is 1. The van der Waals surface area contributed by atoms with Gasteiger partial charge in [0.05, 0.1) is 4.83 Å². The molecule has 0 bridgehead atoms. The molecule has 0 saturated carbocycles. The van der Waals surface area contributed by atoms with E-state index in [2.05, 4.69) is 42.8 Å².